The van der Waals surface area contributed by atoms with Gasteiger partial charge in [0.05, 0.1) is 29.7 Å². The molecule has 0 saturated carbocycles. The van der Waals surface area contributed by atoms with Crippen molar-refractivity contribution in [1.29, 1.82) is 0 Å². The normalized spacial score (nSPS) is 17.1. The predicted molar refractivity (Wildman–Crippen MR) is 362 cm³/mol. The van der Waals surface area contributed by atoms with Crippen molar-refractivity contribution in [2.24, 2.45) is 31.6 Å². The molecule has 4 atom stereocenters. The van der Waals surface area contributed by atoms with Crippen molar-refractivity contribution < 1.29 is 19.1 Å². The molecule has 0 bridgehead atoms. The Labute approximate surface area is 524 Å². The highest BCUT2D eigenvalue weighted by molar-refractivity contribution is 6.06. The van der Waals surface area contributed by atoms with Gasteiger partial charge in [-0.2, -0.15) is 0 Å². The zero-order chi connectivity index (χ0) is 63.8. The molecule has 12 heteroatoms. The molecule has 4 N–H and O–H groups in total. The highest BCUT2D eigenvalue weighted by Crippen LogP contribution is 2.45. The number of hydrogen-bond donors (Lipinski definition) is 4. The van der Waals surface area contributed by atoms with E-state index >= 15 is 0 Å². The fraction of sp³-hybridized carbons (Fsp3) is 0.500. The summed E-state index contributed by atoms with van der Waals surface area (Å²) in [4.78, 5) is 52.7. The first kappa shape index (κ1) is 63.7. The van der Waals surface area contributed by atoms with Gasteiger partial charge in [0, 0.05) is 58.8 Å². The summed E-state index contributed by atoms with van der Waals surface area (Å²) in [5, 5.41) is 6.26. The number of allylic oxidation sites excluding steroid dienone is 4. The van der Waals surface area contributed by atoms with Gasteiger partial charge in [-0.3, -0.25) is 9.98 Å². The van der Waals surface area contributed by atoms with Crippen LogP contribution in [0.25, 0.3) is 55.9 Å². The summed E-state index contributed by atoms with van der Waals surface area (Å²) in [6.07, 6.45) is 8.42. The number of rotatable bonds is 9. The topological polar surface area (TPSA) is 159 Å². The first-order valence-corrected chi connectivity index (χ1v) is 32.2. The molecule has 2 aromatic heterocycles. The minimum absolute atomic E-state index is 0.152. The number of imidazole rings is 2. The number of amides is 2. The van der Waals surface area contributed by atoms with E-state index in [1.807, 2.05) is 47.7 Å². The van der Waals surface area contributed by atoms with Crippen LogP contribution in [0.1, 0.15) is 221 Å². The Balaban J connectivity index is 0.000000195. The molecule has 0 spiro atoms. The fourth-order valence-corrected chi connectivity index (χ4v) is 12.8. The van der Waals surface area contributed by atoms with Crippen LogP contribution in [0.4, 0.5) is 9.59 Å². The first-order chi connectivity index (χ1) is 41.0. The molecular weight excluding hydrogens is 1090 g/mol. The third kappa shape index (κ3) is 14.1. The number of nitrogens with zero attached hydrogens (tertiary/aromatic N) is 4. The van der Waals surface area contributed by atoms with E-state index in [0.717, 1.165) is 103 Å². The number of aliphatic imine (C=N–C) groups is 2. The van der Waals surface area contributed by atoms with Crippen LogP contribution in [0.15, 0.2) is 106 Å². The van der Waals surface area contributed by atoms with Gasteiger partial charge in [-0.05, 0) is 169 Å². The lowest BCUT2D eigenvalue weighted by atomic mass is 9.80. The average molecular weight is 1190 g/mol. The summed E-state index contributed by atoms with van der Waals surface area (Å²) in [5.74, 6) is 2.83. The second kappa shape index (κ2) is 23.6. The van der Waals surface area contributed by atoms with Crippen molar-refractivity contribution in [3.8, 4) is 44.8 Å². The summed E-state index contributed by atoms with van der Waals surface area (Å²) in [7, 11) is 0. The molecule has 0 saturated heterocycles. The molecule has 466 valence electrons. The quantitative estimate of drug-likeness (QED) is 0.113. The molecule has 6 aromatic rings. The van der Waals surface area contributed by atoms with E-state index in [4.69, 9.17) is 24.4 Å². The summed E-state index contributed by atoms with van der Waals surface area (Å²) in [6.45, 7) is 42.2. The van der Waals surface area contributed by atoms with Gasteiger partial charge >= 0.3 is 12.2 Å². The van der Waals surface area contributed by atoms with Crippen molar-refractivity contribution in [3.05, 3.63) is 142 Å². The van der Waals surface area contributed by atoms with E-state index in [2.05, 4.69) is 201 Å². The number of nitrogens with one attached hydrogen (secondary N) is 4. The zero-order valence-electron chi connectivity index (χ0n) is 56.5. The van der Waals surface area contributed by atoms with Crippen LogP contribution in [0.5, 0.6) is 0 Å². The van der Waals surface area contributed by atoms with Crippen LogP contribution in [-0.2, 0) is 35.2 Å². The van der Waals surface area contributed by atoms with Crippen LogP contribution in [-0.4, -0.2) is 66.8 Å². The smallest absolute Gasteiger partial charge is 0.408 e. The Morgan fingerprint density at radius 3 is 1.31 bits per heavy atom. The van der Waals surface area contributed by atoms with Gasteiger partial charge in [0.2, 0.25) is 0 Å². The second-order valence-corrected chi connectivity index (χ2v) is 31.8. The van der Waals surface area contributed by atoms with Gasteiger partial charge < -0.3 is 30.1 Å². The molecule has 0 unspecified atom stereocenters. The van der Waals surface area contributed by atoms with Gasteiger partial charge in [-0.1, -0.05) is 176 Å². The average Bonchev–Trinajstić information content (AvgIpc) is 2.16. The molecule has 0 radical (unpaired) electrons. The lowest BCUT2D eigenvalue weighted by Crippen LogP contribution is -2.50. The Morgan fingerprint density at radius 2 is 0.864 bits per heavy atom. The van der Waals surface area contributed by atoms with Gasteiger partial charge in [-0.15, -0.1) is 0 Å². The van der Waals surface area contributed by atoms with E-state index in [1.54, 1.807) is 0 Å². The number of benzene rings is 4. The standard InChI is InChI=1S/C39H50N4O2.C37H48N4O2/c1-22(37(2,3)4)35-41-31-18-14-26-20-24(12-16-28(26)33(31)42-35)23-11-15-27-25(19-23)13-17-30-29(27)21-32(40-30)34(38(5,6)7)43-36(44)45-39(8,9)10;1-22(35(2,3)4)33-38-21-31(40-33)24-13-11-23(12-14-24)25-15-17-27-26(19-25)16-18-29-28(27)20-30(39-29)32(36(5,6)7)41-34(42)43-37(8,9)10/h11-12,15-16,19-20,22,34H,13-14,17-18,21H2,1-10H3,(H,41,42)(H,43,44);11-15,17,19,21-22,32H,16,18,20H2,1-10H3,(H,38,40)(H,41,42)/t22-,34-;22-,32-/m11/s1. The molecule has 12 nitrogen and oxygen atoms in total. The maximum Gasteiger partial charge on any atom is 0.408 e. The molecule has 11 rings (SSSR count). The minimum atomic E-state index is -0.550. The van der Waals surface area contributed by atoms with Gasteiger partial charge in [0.25, 0.3) is 0 Å². The van der Waals surface area contributed by atoms with Crippen LogP contribution in [0, 0.1) is 21.7 Å². The summed E-state index contributed by atoms with van der Waals surface area (Å²) >= 11 is 0. The molecule has 3 aliphatic carbocycles. The Hall–Kier alpha value is -7.34. The Kier molecular flexibility index (Phi) is 17.0. The fourth-order valence-electron chi connectivity index (χ4n) is 12.8. The third-order valence-electron chi connectivity index (χ3n) is 18.5. The number of carbonyl (C=O) groups excluding carboxylic acids is 2. The van der Waals surface area contributed by atoms with Crippen molar-refractivity contribution in [3.63, 3.8) is 0 Å². The van der Waals surface area contributed by atoms with Crippen molar-refractivity contribution in [2.75, 3.05) is 0 Å². The van der Waals surface area contributed by atoms with Crippen molar-refractivity contribution >= 4 is 34.8 Å². The van der Waals surface area contributed by atoms with Crippen molar-refractivity contribution in [2.45, 2.75) is 225 Å². The summed E-state index contributed by atoms with van der Waals surface area (Å²) in [5.41, 5.74) is 23.2. The largest absolute Gasteiger partial charge is 0.444 e. The molecule has 5 aliphatic rings. The highest BCUT2D eigenvalue weighted by atomic mass is 16.6. The second-order valence-electron chi connectivity index (χ2n) is 31.8. The van der Waals surface area contributed by atoms with Crippen LogP contribution in [0.2, 0.25) is 0 Å². The van der Waals surface area contributed by atoms with Crippen LogP contribution >= 0.6 is 0 Å². The number of hydrogen-bond acceptors (Lipinski definition) is 8. The maximum atomic E-state index is 12.8. The van der Waals surface area contributed by atoms with Gasteiger partial charge in [-0.25, -0.2) is 19.6 Å². The van der Waals surface area contributed by atoms with Gasteiger partial charge in [0.1, 0.15) is 22.9 Å². The number of carbonyl (C=O) groups is 2. The number of aromatic amines is 2. The number of aromatic nitrogens is 4. The van der Waals surface area contributed by atoms with Gasteiger partial charge in [0.15, 0.2) is 0 Å². The van der Waals surface area contributed by atoms with E-state index in [0.29, 0.717) is 11.8 Å². The Morgan fingerprint density at radius 1 is 0.466 bits per heavy atom. The monoisotopic (exact) mass is 1190 g/mol. The van der Waals surface area contributed by atoms with E-state index < -0.39 is 23.4 Å². The molecule has 4 heterocycles. The SMILES string of the molecule is C[C@H](c1nc2c([nH]1)CCc1cc(-c3ccc4c(c3)CCC3=C4CC([C@@H](NC(=O)OC(C)(C)C)C(C)(C)C)=N3)ccc1-2)C(C)(C)C.C[C@H](c1ncc(-c2ccc(-c3ccc4c(c3)CCC3=C4CC([C@@H](NC(=O)OC(C)(C)C)C(C)(C)C)=N3)cc2)[nH]1)C(C)(C)C. The minimum Gasteiger partial charge on any atom is -0.444 e. The van der Waals surface area contributed by atoms with Crippen LogP contribution < -0.4 is 10.6 Å². The molecule has 0 fully saturated rings. The lowest BCUT2D eigenvalue weighted by Gasteiger charge is -2.32. The van der Waals surface area contributed by atoms with E-state index in [9.17, 15) is 9.59 Å². The van der Waals surface area contributed by atoms with Crippen molar-refractivity contribution in [1.82, 2.24) is 30.6 Å². The molecular formula is C76H98N8O4. The Bertz CT molecular complexity index is 3780. The zero-order valence-corrected chi connectivity index (χ0v) is 56.5. The highest BCUT2D eigenvalue weighted by Gasteiger charge is 2.39. The number of H-pyrrole nitrogens is 2. The number of aryl methyl sites for hydroxylation is 4. The molecule has 2 amide bonds. The molecule has 2 aliphatic heterocycles. The third-order valence-corrected chi connectivity index (χ3v) is 18.5. The summed E-state index contributed by atoms with van der Waals surface area (Å²) in [6, 6.07) is 29.0. The van der Waals surface area contributed by atoms with Crippen LogP contribution in [0.3, 0.4) is 0 Å². The van der Waals surface area contributed by atoms with E-state index in [1.165, 1.54) is 72.5 Å². The lowest BCUT2D eigenvalue weighted by molar-refractivity contribution is 0.0480. The number of fused-ring (bicyclic) bond motifs is 7. The summed E-state index contributed by atoms with van der Waals surface area (Å²) < 4.78 is 11.2. The van der Waals surface area contributed by atoms with E-state index in [-0.39, 0.29) is 33.7 Å². The number of ether oxygens (including phenoxy) is 2. The predicted octanol–water partition coefficient (Wildman–Crippen LogP) is 18.8. The molecule has 4 aromatic carbocycles. The number of alkyl carbamates (subject to hydrolysis) is 2. The molecule has 88 heavy (non-hydrogen) atoms. The first-order valence-electron chi connectivity index (χ1n) is 32.2. The maximum absolute atomic E-state index is 12.8.